The van der Waals surface area contributed by atoms with Crippen LogP contribution in [0.3, 0.4) is 0 Å². The van der Waals surface area contributed by atoms with E-state index in [2.05, 4.69) is 20.0 Å². The highest BCUT2D eigenvalue weighted by molar-refractivity contribution is 5.80. The molecule has 0 saturated heterocycles. The Morgan fingerprint density at radius 1 is 1.30 bits per heavy atom. The lowest BCUT2D eigenvalue weighted by Gasteiger charge is -2.28. The molecule has 1 unspecified atom stereocenters. The van der Waals surface area contributed by atoms with Crippen LogP contribution >= 0.6 is 0 Å². The first-order chi connectivity index (χ1) is 11.3. The Bertz CT molecular complexity index is 796. The maximum Gasteiger partial charge on any atom is 0.141 e. The number of hydrogen-bond acceptors (Lipinski definition) is 5. The molecule has 1 aromatic carbocycles. The highest BCUT2D eigenvalue weighted by atomic mass is 16.5. The summed E-state index contributed by atoms with van der Waals surface area (Å²) in [5.74, 6) is 1.71. The summed E-state index contributed by atoms with van der Waals surface area (Å²) in [6.07, 6.45) is 2.94. The van der Waals surface area contributed by atoms with Crippen molar-refractivity contribution < 1.29 is 9.84 Å². The number of nitrogens with zero attached hydrogens (tertiary/aromatic N) is 4. The predicted molar refractivity (Wildman–Crippen MR) is 85.1 cm³/mol. The number of aliphatic hydroxyl groups is 1. The summed E-state index contributed by atoms with van der Waals surface area (Å²) in [5.41, 5.74) is 1.03. The fraction of sp³-hybridized carbons (Fsp3) is 0.375. The van der Waals surface area contributed by atoms with E-state index in [4.69, 9.17) is 4.74 Å². The lowest BCUT2D eigenvalue weighted by molar-refractivity contribution is 0.0574. The summed E-state index contributed by atoms with van der Waals surface area (Å²) in [4.78, 5) is 9.55. The summed E-state index contributed by atoms with van der Waals surface area (Å²) in [7, 11) is 0. The van der Waals surface area contributed by atoms with Crippen molar-refractivity contribution in [2.45, 2.75) is 19.2 Å². The first-order valence-electron chi connectivity index (χ1n) is 7.75. The molecule has 0 spiro atoms. The van der Waals surface area contributed by atoms with Gasteiger partial charge in [-0.3, -0.25) is 4.90 Å². The third kappa shape index (κ3) is 3.06. The fourth-order valence-corrected chi connectivity index (χ4v) is 2.93. The van der Waals surface area contributed by atoms with E-state index in [1.54, 1.807) is 6.33 Å². The molecule has 1 aliphatic rings. The van der Waals surface area contributed by atoms with E-state index in [0.29, 0.717) is 13.1 Å². The monoisotopic (exact) mass is 313 g/mol. The minimum atomic E-state index is -0.538. The number of nitrogens with one attached hydrogen (secondary N) is 1. The van der Waals surface area contributed by atoms with Crippen molar-refractivity contribution in [1.29, 1.82) is 0 Å². The van der Waals surface area contributed by atoms with Crippen LogP contribution in [-0.2, 0) is 13.1 Å². The van der Waals surface area contributed by atoms with Gasteiger partial charge in [0, 0.05) is 30.9 Å². The molecule has 120 valence electrons. The van der Waals surface area contributed by atoms with Crippen LogP contribution in [0, 0.1) is 0 Å². The molecule has 3 aromatic rings. The second-order valence-corrected chi connectivity index (χ2v) is 5.83. The SMILES string of the molecule is OC(COc1ccc2cc[nH]c2c1)CN1CCn2ncnc2C1. The van der Waals surface area contributed by atoms with Gasteiger partial charge in [0.2, 0.25) is 0 Å². The molecule has 1 atom stereocenters. The molecule has 0 radical (unpaired) electrons. The van der Waals surface area contributed by atoms with Gasteiger partial charge in [-0.15, -0.1) is 0 Å². The van der Waals surface area contributed by atoms with E-state index < -0.39 is 6.10 Å². The zero-order valence-electron chi connectivity index (χ0n) is 12.7. The van der Waals surface area contributed by atoms with Gasteiger partial charge < -0.3 is 14.8 Å². The molecule has 7 nitrogen and oxygen atoms in total. The van der Waals surface area contributed by atoms with E-state index >= 15 is 0 Å². The number of aromatic amines is 1. The highest BCUT2D eigenvalue weighted by Gasteiger charge is 2.20. The smallest absolute Gasteiger partial charge is 0.141 e. The molecular weight excluding hydrogens is 294 g/mol. The maximum absolute atomic E-state index is 10.2. The molecule has 3 heterocycles. The number of fused-ring (bicyclic) bond motifs is 2. The van der Waals surface area contributed by atoms with E-state index in [0.717, 1.165) is 35.6 Å². The lowest BCUT2D eigenvalue weighted by atomic mass is 10.2. The van der Waals surface area contributed by atoms with E-state index in [1.807, 2.05) is 35.1 Å². The standard InChI is InChI=1S/C16H19N5O2/c22-13(8-20-5-6-21-16(9-20)18-11-19-21)10-23-14-2-1-12-3-4-17-15(12)7-14/h1-4,7,11,13,17,22H,5-6,8-10H2. The first kappa shape index (κ1) is 14.2. The zero-order chi connectivity index (χ0) is 15.6. The molecule has 2 N–H and O–H groups in total. The van der Waals surface area contributed by atoms with Crippen LogP contribution in [0.15, 0.2) is 36.8 Å². The molecule has 0 bridgehead atoms. The largest absolute Gasteiger partial charge is 0.491 e. The molecule has 0 aliphatic carbocycles. The van der Waals surface area contributed by atoms with Gasteiger partial charge in [0.25, 0.3) is 0 Å². The Morgan fingerprint density at radius 3 is 3.22 bits per heavy atom. The number of rotatable bonds is 5. The van der Waals surface area contributed by atoms with Gasteiger partial charge >= 0.3 is 0 Å². The summed E-state index contributed by atoms with van der Waals surface area (Å²) in [5, 5.41) is 15.5. The maximum atomic E-state index is 10.2. The van der Waals surface area contributed by atoms with Crippen LogP contribution < -0.4 is 4.74 Å². The number of ether oxygens (including phenoxy) is 1. The molecule has 7 heteroatoms. The number of benzene rings is 1. The second-order valence-electron chi connectivity index (χ2n) is 5.83. The van der Waals surface area contributed by atoms with Crippen molar-refractivity contribution >= 4 is 10.9 Å². The van der Waals surface area contributed by atoms with E-state index in [1.165, 1.54) is 0 Å². The average molecular weight is 313 g/mol. The molecule has 1 aliphatic heterocycles. The molecule has 0 saturated carbocycles. The fourth-order valence-electron chi connectivity index (χ4n) is 2.93. The van der Waals surface area contributed by atoms with Crippen LogP contribution in [0.25, 0.3) is 10.9 Å². The molecule has 0 amide bonds. The van der Waals surface area contributed by atoms with Gasteiger partial charge in [0.05, 0.1) is 13.1 Å². The van der Waals surface area contributed by atoms with Gasteiger partial charge in [-0.1, -0.05) is 0 Å². The Labute approximate surface area is 133 Å². The lowest BCUT2D eigenvalue weighted by Crippen LogP contribution is -2.40. The summed E-state index contributed by atoms with van der Waals surface area (Å²) < 4.78 is 7.62. The Hall–Kier alpha value is -2.38. The van der Waals surface area contributed by atoms with Crippen molar-refractivity contribution in [3.8, 4) is 5.75 Å². The summed E-state index contributed by atoms with van der Waals surface area (Å²) in [6.45, 7) is 3.23. The van der Waals surface area contributed by atoms with Gasteiger partial charge in [-0.25, -0.2) is 9.67 Å². The Morgan fingerprint density at radius 2 is 2.26 bits per heavy atom. The quantitative estimate of drug-likeness (QED) is 0.735. The third-order valence-corrected chi connectivity index (χ3v) is 4.13. The third-order valence-electron chi connectivity index (χ3n) is 4.13. The predicted octanol–water partition coefficient (Wildman–Crippen LogP) is 1.01. The van der Waals surface area contributed by atoms with Crippen molar-refractivity contribution in [2.75, 3.05) is 19.7 Å². The van der Waals surface area contributed by atoms with Crippen LogP contribution in [0.2, 0.25) is 0 Å². The van der Waals surface area contributed by atoms with Crippen molar-refractivity contribution in [3.63, 3.8) is 0 Å². The molecule has 4 rings (SSSR count). The summed E-state index contributed by atoms with van der Waals surface area (Å²) >= 11 is 0. The van der Waals surface area contributed by atoms with Gasteiger partial charge in [-0.2, -0.15) is 5.10 Å². The number of β-amino-alcohol motifs (C(OH)–C–C–N with tert-alkyl or cyclic N) is 1. The molecular formula is C16H19N5O2. The minimum absolute atomic E-state index is 0.273. The number of hydrogen-bond donors (Lipinski definition) is 2. The molecule has 2 aromatic heterocycles. The normalized spacial score (nSPS) is 16.4. The van der Waals surface area contributed by atoms with Crippen LogP contribution in [0.5, 0.6) is 5.75 Å². The van der Waals surface area contributed by atoms with Gasteiger partial charge in [-0.05, 0) is 23.6 Å². The Balaban J connectivity index is 1.31. The number of aliphatic hydroxyl groups excluding tert-OH is 1. The van der Waals surface area contributed by atoms with Crippen molar-refractivity contribution in [3.05, 3.63) is 42.6 Å². The second kappa shape index (κ2) is 6.02. The average Bonchev–Trinajstić information content (AvgIpc) is 3.20. The van der Waals surface area contributed by atoms with Crippen molar-refractivity contribution in [1.82, 2.24) is 24.6 Å². The van der Waals surface area contributed by atoms with Crippen LogP contribution in [0.4, 0.5) is 0 Å². The summed E-state index contributed by atoms with van der Waals surface area (Å²) in [6, 6.07) is 7.89. The minimum Gasteiger partial charge on any atom is -0.491 e. The highest BCUT2D eigenvalue weighted by Crippen LogP contribution is 2.19. The van der Waals surface area contributed by atoms with E-state index in [9.17, 15) is 5.11 Å². The van der Waals surface area contributed by atoms with Gasteiger partial charge in [0.1, 0.15) is 30.6 Å². The first-order valence-corrected chi connectivity index (χ1v) is 7.75. The topological polar surface area (TPSA) is 79.2 Å². The van der Waals surface area contributed by atoms with E-state index in [-0.39, 0.29) is 6.61 Å². The van der Waals surface area contributed by atoms with Gasteiger partial charge in [0.15, 0.2) is 0 Å². The number of H-pyrrole nitrogens is 1. The zero-order valence-corrected chi connectivity index (χ0v) is 12.7. The number of aromatic nitrogens is 4. The van der Waals surface area contributed by atoms with Crippen molar-refractivity contribution in [2.24, 2.45) is 0 Å². The van der Waals surface area contributed by atoms with Crippen LogP contribution in [0.1, 0.15) is 5.82 Å². The molecule has 23 heavy (non-hydrogen) atoms. The van der Waals surface area contributed by atoms with Crippen LogP contribution in [-0.4, -0.2) is 55.6 Å². The molecule has 0 fully saturated rings. The Kier molecular flexibility index (Phi) is 3.72.